The lowest BCUT2D eigenvalue weighted by atomic mass is 9.75. The van der Waals surface area contributed by atoms with Crippen molar-refractivity contribution in [1.82, 2.24) is 0 Å². The largest absolute Gasteiger partial charge is 0.389 e. The first kappa shape index (κ1) is 7.99. The van der Waals surface area contributed by atoms with Crippen molar-refractivity contribution >= 4 is 5.78 Å². The van der Waals surface area contributed by atoms with Crippen LogP contribution in [0.15, 0.2) is 11.6 Å². The van der Waals surface area contributed by atoms with E-state index in [2.05, 4.69) is 0 Å². The van der Waals surface area contributed by atoms with E-state index in [1.165, 1.54) is 5.57 Å². The Hall–Kier alpha value is -0.630. The lowest BCUT2D eigenvalue weighted by molar-refractivity contribution is -0.124. The molecule has 0 heterocycles. The smallest absolute Gasteiger partial charge is 0.143 e. The van der Waals surface area contributed by atoms with E-state index in [1.807, 2.05) is 13.0 Å². The van der Waals surface area contributed by atoms with Gasteiger partial charge in [0.25, 0.3) is 0 Å². The number of hydrogen-bond acceptors (Lipinski definition) is 2. The Morgan fingerprint density at radius 3 is 3.08 bits per heavy atom. The van der Waals surface area contributed by atoms with Crippen LogP contribution in [0.25, 0.3) is 0 Å². The molecule has 2 aliphatic rings. The quantitative estimate of drug-likeness (QED) is 0.553. The molecule has 2 nitrogen and oxygen atoms in total. The summed E-state index contributed by atoms with van der Waals surface area (Å²) >= 11 is 0. The van der Waals surface area contributed by atoms with E-state index in [9.17, 15) is 9.90 Å². The fourth-order valence-electron chi connectivity index (χ4n) is 2.30. The highest BCUT2D eigenvalue weighted by atomic mass is 16.3. The third-order valence-corrected chi connectivity index (χ3v) is 3.28. The number of Topliss-reactive ketones (excluding diaryl/α,β-unsaturated/α-hetero) is 1. The fourth-order valence-corrected chi connectivity index (χ4v) is 2.30. The number of fused-ring (bicyclic) bond motifs is 1. The summed E-state index contributed by atoms with van der Waals surface area (Å²) in [6, 6.07) is 0. The molecule has 2 aliphatic carbocycles. The first-order valence-electron chi connectivity index (χ1n) is 4.55. The van der Waals surface area contributed by atoms with E-state index < -0.39 is 0 Å². The molecular weight excluding hydrogens is 152 g/mol. The van der Waals surface area contributed by atoms with Crippen LogP contribution in [-0.2, 0) is 4.79 Å². The summed E-state index contributed by atoms with van der Waals surface area (Å²) in [7, 11) is 0. The Kier molecular flexibility index (Phi) is 1.62. The van der Waals surface area contributed by atoms with Crippen molar-refractivity contribution in [1.29, 1.82) is 0 Å². The first-order valence-corrected chi connectivity index (χ1v) is 4.55. The maximum Gasteiger partial charge on any atom is 0.143 e. The second kappa shape index (κ2) is 2.43. The molecule has 0 spiro atoms. The van der Waals surface area contributed by atoms with Crippen molar-refractivity contribution < 1.29 is 9.90 Å². The SMILES string of the molecule is C[C@]12CCC(O)C=C1CCC2=O. The summed E-state index contributed by atoms with van der Waals surface area (Å²) in [5.74, 6) is 0.362. The fraction of sp³-hybridized carbons (Fsp3) is 0.700. The number of allylic oxidation sites excluding steroid dienone is 1. The summed E-state index contributed by atoms with van der Waals surface area (Å²) in [5, 5.41) is 9.37. The van der Waals surface area contributed by atoms with Gasteiger partial charge in [-0.25, -0.2) is 0 Å². The molecule has 0 aromatic heterocycles. The Labute approximate surface area is 72.3 Å². The summed E-state index contributed by atoms with van der Waals surface area (Å²) in [6.45, 7) is 2.01. The van der Waals surface area contributed by atoms with Gasteiger partial charge in [-0.3, -0.25) is 4.79 Å². The minimum atomic E-state index is -0.307. The molecule has 0 bridgehead atoms. The zero-order valence-electron chi connectivity index (χ0n) is 7.34. The van der Waals surface area contributed by atoms with Crippen molar-refractivity contribution in [3.8, 4) is 0 Å². The maximum absolute atomic E-state index is 11.5. The predicted molar refractivity (Wildman–Crippen MR) is 45.7 cm³/mol. The van der Waals surface area contributed by atoms with Crippen LogP contribution >= 0.6 is 0 Å². The maximum atomic E-state index is 11.5. The second-order valence-corrected chi connectivity index (χ2v) is 4.05. The van der Waals surface area contributed by atoms with Crippen LogP contribution < -0.4 is 0 Å². The Bertz CT molecular complexity index is 255. The van der Waals surface area contributed by atoms with Crippen molar-refractivity contribution in [3.63, 3.8) is 0 Å². The van der Waals surface area contributed by atoms with Gasteiger partial charge in [-0.2, -0.15) is 0 Å². The number of aliphatic hydroxyl groups excluding tert-OH is 1. The monoisotopic (exact) mass is 166 g/mol. The van der Waals surface area contributed by atoms with Crippen LogP contribution in [0.5, 0.6) is 0 Å². The Balaban J connectivity index is 2.37. The summed E-state index contributed by atoms with van der Waals surface area (Å²) in [5.41, 5.74) is 0.963. The Morgan fingerprint density at radius 1 is 1.58 bits per heavy atom. The van der Waals surface area contributed by atoms with E-state index in [4.69, 9.17) is 0 Å². The van der Waals surface area contributed by atoms with Crippen molar-refractivity contribution in [2.75, 3.05) is 0 Å². The highest BCUT2D eigenvalue weighted by Crippen LogP contribution is 2.46. The molecule has 0 aromatic carbocycles. The molecular formula is C10H14O2. The molecule has 0 amide bonds. The van der Waals surface area contributed by atoms with Gasteiger partial charge in [-0.1, -0.05) is 11.6 Å². The summed E-state index contributed by atoms with van der Waals surface area (Å²) < 4.78 is 0. The van der Waals surface area contributed by atoms with E-state index in [0.717, 1.165) is 19.3 Å². The average molecular weight is 166 g/mol. The van der Waals surface area contributed by atoms with Crippen molar-refractivity contribution in [2.24, 2.45) is 5.41 Å². The molecule has 2 rings (SSSR count). The topological polar surface area (TPSA) is 37.3 Å². The minimum absolute atomic E-state index is 0.209. The van der Waals surface area contributed by atoms with E-state index in [1.54, 1.807) is 0 Å². The average Bonchev–Trinajstić information content (AvgIpc) is 2.31. The minimum Gasteiger partial charge on any atom is -0.389 e. The molecule has 12 heavy (non-hydrogen) atoms. The Morgan fingerprint density at radius 2 is 2.33 bits per heavy atom. The van der Waals surface area contributed by atoms with Crippen LogP contribution in [0.2, 0.25) is 0 Å². The van der Waals surface area contributed by atoms with Gasteiger partial charge >= 0.3 is 0 Å². The number of carbonyl (C=O) groups excluding carboxylic acids is 1. The van der Waals surface area contributed by atoms with Gasteiger partial charge in [0.2, 0.25) is 0 Å². The molecule has 1 N–H and O–H groups in total. The predicted octanol–water partition coefficient (Wildman–Crippen LogP) is 1.44. The molecule has 1 unspecified atom stereocenters. The van der Waals surface area contributed by atoms with Gasteiger partial charge < -0.3 is 5.11 Å². The van der Waals surface area contributed by atoms with Gasteiger partial charge in [-0.15, -0.1) is 0 Å². The van der Waals surface area contributed by atoms with E-state index in [0.29, 0.717) is 12.2 Å². The molecule has 0 aliphatic heterocycles. The van der Waals surface area contributed by atoms with Gasteiger partial charge in [0.05, 0.1) is 6.10 Å². The third-order valence-electron chi connectivity index (χ3n) is 3.28. The number of hydrogen-bond donors (Lipinski definition) is 1. The zero-order chi connectivity index (χ0) is 8.77. The van der Waals surface area contributed by atoms with E-state index in [-0.39, 0.29) is 11.5 Å². The number of aliphatic hydroxyl groups is 1. The number of carbonyl (C=O) groups is 1. The number of ketones is 1. The molecule has 0 aromatic rings. The number of rotatable bonds is 0. The van der Waals surface area contributed by atoms with E-state index >= 15 is 0 Å². The summed E-state index contributed by atoms with van der Waals surface area (Å²) in [4.78, 5) is 11.5. The summed E-state index contributed by atoms with van der Waals surface area (Å²) in [6.07, 6.45) is 4.69. The van der Waals surface area contributed by atoms with Crippen molar-refractivity contribution in [2.45, 2.75) is 38.7 Å². The molecule has 0 radical (unpaired) electrons. The normalized spacial score (nSPS) is 41.0. The molecule has 1 fully saturated rings. The van der Waals surface area contributed by atoms with Crippen LogP contribution in [0.1, 0.15) is 32.6 Å². The third kappa shape index (κ3) is 0.944. The van der Waals surface area contributed by atoms with Gasteiger partial charge in [0, 0.05) is 11.8 Å². The molecule has 0 saturated heterocycles. The molecule has 66 valence electrons. The molecule has 2 heteroatoms. The van der Waals surface area contributed by atoms with Crippen LogP contribution in [0, 0.1) is 5.41 Å². The lowest BCUT2D eigenvalue weighted by Crippen LogP contribution is -2.29. The highest BCUT2D eigenvalue weighted by molar-refractivity contribution is 5.91. The standard InChI is InChI=1S/C10H14O2/c1-10-5-4-8(11)6-7(10)2-3-9(10)12/h6,8,11H,2-5H2,1H3/t8?,10-/m0/s1. The van der Waals surface area contributed by atoms with Crippen LogP contribution in [0.3, 0.4) is 0 Å². The van der Waals surface area contributed by atoms with Crippen molar-refractivity contribution in [3.05, 3.63) is 11.6 Å². The lowest BCUT2D eigenvalue weighted by Gasteiger charge is -2.30. The molecule has 1 saturated carbocycles. The molecule has 2 atom stereocenters. The highest BCUT2D eigenvalue weighted by Gasteiger charge is 2.43. The van der Waals surface area contributed by atoms with Crippen LogP contribution in [0.4, 0.5) is 0 Å². The van der Waals surface area contributed by atoms with Gasteiger partial charge in [-0.05, 0) is 26.2 Å². The van der Waals surface area contributed by atoms with Gasteiger partial charge in [0.15, 0.2) is 0 Å². The second-order valence-electron chi connectivity index (χ2n) is 4.05. The van der Waals surface area contributed by atoms with Crippen LogP contribution in [-0.4, -0.2) is 17.0 Å². The zero-order valence-corrected chi connectivity index (χ0v) is 7.34. The van der Waals surface area contributed by atoms with Gasteiger partial charge in [0.1, 0.15) is 5.78 Å². The first-order chi connectivity index (χ1) is 5.63.